The van der Waals surface area contributed by atoms with E-state index in [1.54, 1.807) is 0 Å². The van der Waals surface area contributed by atoms with E-state index in [1.165, 1.54) is 193 Å². The molecule has 490 valence electrons. The second-order valence-electron chi connectivity index (χ2n) is 23.9. The highest BCUT2D eigenvalue weighted by Crippen LogP contribution is 2.17. The molecule has 0 aliphatic rings. The Labute approximate surface area is 533 Å². The second kappa shape index (κ2) is 75.0. The molecule has 1 atom stereocenters. The minimum absolute atomic E-state index is 0.0737. The van der Waals surface area contributed by atoms with Crippen LogP contribution in [0.1, 0.15) is 335 Å². The van der Waals surface area contributed by atoms with Crippen LogP contribution in [0, 0.1) is 0 Å². The Hall–Kier alpha value is -4.22. The van der Waals surface area contributed by atoms with Gasteiger partial charge in [-0.2, -0.15) is 0 Å². The number of esters is 2. The summed E-state index contributed by atoms with van der Waals surface area (Å²) in [5.41, 5.74) is 0. The number of carbonyl (C=O) groups is 2. The maximum atomic E-state index is 12.4. The highest BCUT2D eigenvalue weighted by molar-refractivity contribution is 5.70. The molecule has 0 radical (unpaired) electrons. The van der Waals surface area contributed by atoms with Gasteiger partial charge in [-0.25, -0.2) is 0 Å². The minimum atomic E-state index is -0.787. The summed E-state index contributed by atoms with van der Waals surface area (Å²) in [7, 11) is 0. The van der Waals surface area contributed by atoms with Gasteiger partial charge in [-0.1, -0.05) is 346 Å². The lowest BCUT2D eigenvalue weighted by atomic mass is 10.0. The maximum absolute atomic E-state index is 12.4. The first-order valence-electron chi connectivity index (χ1n) is 36.4. The number of aliphatic hydroxyl groups excluding tert-OH is 1. The average molecular weight is 1190 g/mol. The third-order valence-corrected chi connectivity index (χ3v) is 15.6. The molecule has 86 heavy (non-hydrogen) atoms. The molecule has 0 amide bonds. The molecule has 1 unspecified atom stereocenters. The summed E-state index contributed by atoms with van der Waals surface area (Å²) in [6.07, 6.45) is 113. The van der Waals surface area contributed by atoms with Crippen molar-refractivity contribution in [2.75, 3.05) is 13.2 Å². The Bertz CT molecular complexity index is 1780. The highest BCUT2D eigenvalue weighted by Gasteiger charge is 2.16. The van der Waals surface area contributed by atoms with Gasteiger partial charge in [0.2, 0.25) is 0 Å². The lowest BCUT2D eigenvalue weighted by molar-refractivity contribution is -0.161. The number of hydrogen-bond acceptors (Lipinski definition) is 5. The summed E-state index contributed by atoms with van der Waals surface area (Å²) in [4.78, 5) is 24.7. The Morgan fingerprint density at radius 1 is 0.279 bits per heavy atom. The van der Waals surface area contributed by atoms with E-state index in [0.717, 1.165) is 116 Å². The van der Waals surface area contributed by atoms with E-state index in [9.17, 15) is 14.7 Å². The first-order valence-corrected chi connectivity index (χ1v) is 36.4. The van der Waals surface area contributed by atoms with Crippen LogP contribution < -0.4 is 0 Å². The van der Waals surface area contributed by atoms with Gasteiger partial charge in [0.1, 0.15) is 6.61 Å². The van der Waals surface area contributed by atoms with Crippen molar-refractivity contribution in [3.8, 4) is 0 Å². The largest absolute Gasteiger partial charge is 0.462 e. The number of aliphatic hydroxyl groups is 1. The van der Waals surface area contributed by atoms with Crippen molar-refractivity contribution in [3.05, 3.63) is 146 Å². The summed E-state index contributed by atoms with van der Waals surface area (Å²) in [5, 5.41) is 9.71. The van der Waals surface area contributed by atoms with E-state index in [4.69, 9.17) is 9.47 Å². The molecular formula is C81H136O5. The van der Waals surface area contributed by atoms with Crippen LogP contribution in [0.5, 0.6) is 0 Å². The second-order valence-corrected chi connectivity index (χ2v) is 23.9. The smallest absolute Gasteiger partial charge is 0.306 e. The fourth-order valence-corrected chi connectivity index (χ4v) is 10.2. The topological polar surface area (TPSA) is 72.8 Å². The van der Waals surface area contributed by atoms with Gasteiger partial charge in [-0.15, -0.1) is 0 Å². The van der Waals surface area contributed by atoms with Crippen molar-refractivity contribution in [1.82, 2.24) is 0 Å². The van der Waals surface area contributed by atoms with Crippen LogP contribution in [0.3, 0.4) is 0 Å². The number of unbranched alkanes of at least 4 members (excludes halogenated alkanes) is 34. The van der Waals surface area contributed by atoms with Crippen molar-refractivity contribution in [2.24, 2.45) is 0 Å². The zero-order chi connectivity index (χ0) is 61.9. The number of carbonyl (C=O) groups excluding carboxylic acids is 2. The molecular weight excluding hydrogens is 1050 g/mol. The first-order chi connectivity index (χ1) is 42.6. The van der Waals surface area contributed by atoms with Crippen LogP contribution in [0.4, 0.5) is 0 Å². The van der Waals surface area contributed by atoms with Gasteiger partial charge in [0.15, 0.2) is 6.10 Å². The monoisotopic (exact) mass is 1190 g/mol. The lowest BCUT2D eigenvalue weighted by Gasteiger charge is -2.15. The van der Waals surface area contributed by atoms with Gasteiger partial charge in [0.05, 0.1) is 6.61 Å². The van der Waals surface area contributed by atoms with Crippen LogP contribution >= 0.6 is 0 Å². The van der Waals surface area contributed by atoms with Crippen LogP contribution in [0.25, 0.3) is 0 Å². The van der Waals surface area contributed by atoms with Crippen LogP contribution in [0.2, 0.25) is 0 Å². The first kappa shape index (κ1) is 81.8. The van der Waals surface area contributed by atoms with Crippen molar-refractivity contribution in [3.63, 3.8) is 0 Å². The van der Waals surface area contributed by atoms with Gasteiger partial charge >= 0.3 is 11.9 Å². The van der Waals surface area contributed by atoms with Crippen molar-refractivity contribution < 1.29 is 24.2 Å². The average Bonchev–Trinajstić information content (AvgIpc) is 3.55. The number of hydrogen-bond donors (Lipinski definition) is 1. The Morgan fingerprint density at radius 3 is 0.756 bits per heavy atom. The molecule has 0 saturated heterocycles. The van der Waals surface area contributed by atoms with E-state index < -0.39 is 6.10 Å². The summed E-state index contributed by atoms with van der Waals surface area (Å²) >= 11 is 0. The number of allylic oxidation sites excluding steroid dienone is 24. The summed E-state index contributed by atoms with van der Waals surface area (Å²) in [5.74, 6) is -0.596. The molecule has 5 nitrogen and oxygen atoms in total. The zero-order valence-electron chi connectivity index (χ0n) is 56.3. The Morgan fingerprint density at radius 2 is 0.500 bits per heavy atom. The van der Waals surface area contributed by atoms with Gasteiger partial charge in [0, 0.05) is 12.8 Å². The normalized spacial score (nSPS) is 13.1. The van der Waals surface area contributed by atoms with Gasteiger partial charge in [-0.05, 0) is 122 Å². The van der Waals surface area contributed by atoms with Gasteiger partial charge < -0.3 is 14.6 Å². The SMILES string of the molecule is CC/C=C\C/C=C\C/C=C\C/C=C\C/C=C\C/C=C\C/C=C\C/C=C\C/C=C\C/C=C\CCCCCCCCCCC(=O)OC(CO)COC(=O)CCCCCCCCCCCCCCCCCCCCCCC/C=C\C/C=C\CCCCCCC. The maximum Gasteiger partial charge on any atom is 0.306 e. The van der Waals surface area contributed by atoms with E-state index in [1.807, 2.05) is 0 Å². The molecule has 0 saturated carbocycles. The molecule has 0 rings (SSSR count). The number of rotatable bonds is 66. The van der Waals surface area contributed by atoms with Crippen LogP contribution in [-0.4, -0.2) is 36.4 Å². The van der Waals surface area contributed by atoms with E-state index >= 15 is 0 Å². The molecule has 0 aromatic rings. The Balaban J connectivity index is 3.53. The van der Waals surface area contributed by atoms with Gasteiger partial charge in [-0.3, -0.25) is 9.59 Å². The molecule has 0 fully saturated rings. The fraction of sp³-hybridized carbons (Fsp3) is 0.679. The third kappa shape index (κ3) is 72.3. The molecule has 0 bridgehead atoms. The van der Waals surface area contributed by atoms with E-state index in [0.29, 0.717) is 12.8 Å². The summed E-state index contributed by atoms with van der Waals surface area (Å²) in [6.45, 7) is 4.03. The molecule has 0 aliphatic heterocycles. The summed E-state index contributed by atoms with van der Waals surface area (Å²) in [6, 6.07) is 0. The van der Waals surface area contributed by atoms with Gasteiger partial charge in [0.25, 0.3) is 0 Å². The predicted molar refractivity (Wildman–Crippen MR) is 380 cm³/mol. The summed E-state index contributed by atoms with van der Waals surface area (Å²) < 4.78 is 10.8. The third-order valence-electron chi connectivity index (χ3n) is 15.6. The lowest BCUT2D eigenvalue weighted by Crippen LogP contribution is -2.28. The van der Waals surface area contributed by atoms with Crippen LogP contribution in [-0.2, 0) is 19.1 Å². The molecule has 0 heterocycles. The predicted octanol–water partition coefficient (Wildman–Crippen LogP) is 25.7. The van der Waals surface area contributed by atoms with E-state index in [-0.39, 0.29) is 25.2 Å². The fourth-order valence-electron chi connectivity index (χ4n) is 10.2. The molecule has 0 spiro atoms. The molecule has 0 aromatic carbocycles. The minimum Gasteiger partial charge on any atom is -0.462 e. The molecule has 5 heteroatoms. The van der Waals surface area contributed by atoms with Crippen LogP contribution in [0.15, 0.2) is 146 Å². The zero-order valence-corrected chi connectivity index (χ0v) is 56.3. The highest BCUT2D eigenvalue weighted by atomic mass is 16.6. The molecule has 1 N–H and O–H groups in total. The Kier molecular flexibility index (Phi) is 71.3. The quantitative estimate of drug-likeness (QED) is 0.0373. The van der Waals surface area contributed by atoms with Crippen molar-refractivity contribution in [2.45, 2.75) is 341 Å². The van der Waals surface area contributed by atoms with E-state index in [2.05, 4.69) is 160 Å². The van der Waals surface area contributed by atoms with Crippen molar-refractivity contribution >= 4 is 11.9 Å². The van der Waals surface area contributed by atoms with Crippen molar-refractivity contribution in [1.29, 1.82) is 0 Å². The number of ether oxygens (including phenoxy) is 2. The molecule has 0 aliphatic carbocycles. The standard InChI is InChI=1S/C81H136O5/c1-3-5-7-9-11-13-15-17-19-21-23-25-27-29-31-33-35-37-38-39-40-41-42-44-46-48-50-52-54-56-58-60-62-64-66-68-70-72-74-76-81(84)86-79(77-82)78-85-80(83)75-73-71-69-67-65-63-61-59-57-55-53-51-49-47-45-43-36-34-32-30-28-26-24-22-20-18-16-14-12-10-8-6-4-2/h5,7,11,13,16-19,22-25,29,31,35,37,39-40,42,44,48,50,54,56,79,82H,3-4,6,8-10,12,14-15,20-21,26-28,30,32-34,36,38,41,43,45-47,49,51-53,55,57-78H2,1-2H3/b7-5-,13-11-,18-16-,19-17-,24-22-,25-23-,31-29-,37-35-,40-39-,44-42-,50-48-,56-54-. The molecule has 0 aromatic heterocycles.